The van der Waals surface area contributed by atoms with Gasteiger partial charge in [-0.2, -0.15) is 0 Å². The molecule has 0 saturated heterocycles. The van der Waals surface area contributed by atoms with Crippen molar-refractivity contribution in [3.63, 3.8) is 0 Å². The molecule has 2 rings (SSSR count). The molecule has 0 aliphatic carbocycles. The van der Waals surface area contributed by atoms with Crippen LogP contribution in [0.3, 0.4) is 0 Å². The molecular weight excluding hydrogens is 176 g/mol. The van der Waals surface area contributed by atoms with Crippen molar-refractivity contribution >= 4 is 5.78 Å². The SMILES string of the molecule is CC(=O)c1ccc2c(c1)OCCC2C. The summed E-state index contributed by atoms with van der Waals surface area (Å²) in [5.41, 5.74) is 1.96. The van der Waals surface area contributed by atoms with Crippen LogP contribution in [0, 0.1) is 0 Å². The van der Waals surface area contributed by atoms with E-state index in [2.05, 4.69) is 6.92 Å². The molecule has 1 aliphatic heterocycles. The molecule has 1 aliphatic rings. The third kappa shape index (κ3) is 1.52. The number of ketones is 1. The van der Waals surface area contributed by atoms with Gasteiger partial charge >= 0.3 is 0 Å². The average Bonchev–Trinajstić information content (AvgIpc) is 2.17. The van der Waals surface area contributed by atoms with Crippen LogP contribution in [0.1, 0.15) is 42.1 Å². The number of benzene rings is 1. The first kappa shape index (κ1) is 9.25. The zero-order valence-electron chi connectivity index (χ0n) is 8.54. The van der Waals surface area contributed by atoms with E-state index >= 15 is 0 Å². The number of rotatable bonds is 1. The van der Waals surface area contributed by atoms with Gasteiger partial charge in [-0.3, -0.25) is 4.79 Å². The smallest absolute Gasteiger partial charge is 0.159 e. The standard InChI is InChI=1S/C12H14O2/c1-8-5-6-14-12-7-10(9(2)13)3-4-11(8)12/h3-4,7-8H,5-6H2,1-2H3. The fraction of sp³-hybridized carbons (Fsp3) is 0.417. The molecule has 0 bridgehead atoms. The molecule has 0 saturated carbocycles. The average molecular weight is 190 g/mol. The molecule has 14 heavy (non-hydrogen) atoms. The van der Waals surface area contributed by atoms with E-state index in [-0.39, 0.29) is 5.78 Å². The van der Waals surface area contributed by atoms with E-state index in [4.69, 9.17) is 4.74 Å². The third-order valence-corrected chi connectivity index (χ3v) is 2.76. The highest BCUT2D eigenvalue weighted by Crippen LogP contribution is 2.33. The molecule has 0 spiro atoms. The first-order valence-corrected chi connectivity index (χ1v) is 4.96. The number of hydrogen-bond acceptors (Lipinski definition) is 2. The summed E-state index contributed by atoms with van der Waals surface area (Å²) in [7, 11) is 0. The van der Waals surface area contributed by atoms with Gasteiger partial charge in [-0.1, -0.05) is 19.1 Å². The van der Waals surface area contributed by atoms with Crippen molar-refractivity contribution in [1.82, 2.24) is 0 Å². The molecule has 2 heteroatoms. The molecular formula is C12H14O2. The van der Waals surface area contributed by atoms with E-state index in [9.17, 15) is 4.79 Å². The summed E-state index contributed by atoms with van der Waals surface area (Å²) < 4.78 is 5.53. The van der Waals surface area contributed by atoms with Gasteiger partial charge in [0.2, 0.25) is 0 Å². The van der Waals surface area contributed by atoms with Crippen molar-refractivity contribution in [3.05, 3.63) is 29.3 Å². The first-order chi connectivity index (χ1) is 6.68. The Bertz CT molecular complexity index is 369. The number of carbonyl (C=O) groups excluding carboxylic acids is 1. The molecule has 0 aromatic heterocycles. The second-order valence-corrected chi connectivity index (χ2v) is 3.85. The zero-order chi connectivity index (χ0) is 10.1. The van der Waals surface area contributed by atoms with Crippen LogP contribution in [0.2, 0.25) is 0 Å². The molecule has 0 radical (unpaired) electrons. The number of hydrogen-bond donors (Lipinski definition) is 0. The third-order valence-electron chi connectivity index (χ3n) is 2.76. The lowest BCUT2D eigenvalue weighted by Gasteiger charge is -2.23. The maximum absolute atomic E-state index is 11.2. The maximum Gasteiger partial charge on any atom is 0.159 e. The highest BCUT2D eigenvalue weighted by Gasteiger charge is 2.18. The van der Waals surface area contributed by atoms with E-state index < -0.39 is 0 Å². The number of Topliss-reactive ketones (excluding diaryl/α,β-unsaturated/α-hetero) is 1. The van der Waals surface area contributed by atoms with E-state index in [0.29, 0.717) is 5.92 Å². The van der Waals surface area contributed by atoms with Crippen LogP contribution < -0.4 is 4.74 Å². The summed E-state index contributed by atoms with van der Waals surface area (Å²) in [5.74, 6) is 1.52. The van der Waals surface area contributed by atoms with Crippen molar-refractivity contribution in [1.29, 1.82) is 0 Å². The van der Waals surface area contributed by atoms with Crippen molar-refractivity contribution in [3.8, 4) is 5.75 Å². The minimum absolute atomic E-state index is 0.0922. The van der Waals surface area contributed by atoms with Gasteiger partial charge in [0, 0.05) is 5.56 Å². The molecule has 1 atom stereocenters. The summed E-state index contributed by atoms with van der Waals surface area (Å²) in [4.78, 5) is 11.2. The van der Waals surface area contributed by atoms with E-state index in [1.54, 1.807) is 6.92 Å². The van der Waals surface area contributed by atoms with Crippen LogP contribution in [0.4, 0.5) is 0 Å². The number of carbonyl (C=O) groups is 1. The Morgan fingerprint density at radius 2 is 2.29 bits per heavy atom. The zero-order valence-corrected chi connectivity index (χ0v) is 8.54. The van der Waals surface area contributed by atoms with Crippen molar-refractivity contribution in [2.75, 3.05) is 6.61 Å². The summed E-state index contributed by atoms with van der Waals surface area (Å²) in [6.07, 6.45) is 1.06. The van der Waals surface area contributed by atoms with Gasteiger partial charge in [0.1, 0.15) is 5.75 Å². The van der Waals surface area contributed by atoms with Crippen LogP contribution in [-0.2, 0) is 0 Å². The molecule has 1 aromatic carbocycles. The minimum Gasteiger partial charge on any atom is -0.493 e. The second-order valence-electron chi connectivity index (χ2n) is 3.85. The Balaban J connectivity index is 2.44. The molecule has 1 heterocycles. The lowest BCUT2D eigenvalue weighted by atomic mass is 9.93. The highest BCUT2D eigenvalue weighted by atomic mass is 16.5. The van der Waals surface area contributed by atoms with Gasteiger partial charge in [0.25, 0.3) is 0 Å². The number of fused-ring (bicyclic) bond motifs is 1. The molecule has 2 nitrogen and oxygen atoms in total. The van der Waals surface area contributed by atoms with Gasteiger partial charge in [0.05, 0.1) is 6.61 Å². The van der Waals surface area contributed by atoms with E-state index in [0.717, 1.165) is 24.3 Å². The number of ether oxygens (including phenoxy) is 1. The van der Waals surface area contributed by atoms with Gasteiger partial charge in [0.15, 0.2) is 5.78 Å². The summed E-state index contributed by atoms with van der Waals surface area (Å²) in [6, 6.07) is 5.75. The predicted molar refractivity (Wildman–Crippen MR) is 55.0 cm³/mol. The highest BCUT2D eigenvalue weighted by molar-refractivity contribution is 5.94. The summed E-state index contributed by atoms with van der Waals surface area (Å²) in [6.45, 7) is 4.53. The van der Waals surface area contributed by atoms with E-state index in [1.807, 2.05) is 18.2 Å². The van der Waals surface area contributed by atoms with Gasteiger partial charge in [-0.05, 0) is 30.9 Å². The fourth-order valence-corrected chi connectivity index (χ4v) is 1.79. The van der Waals surface area contributed by atoms with Crippen LogP contribution in [-0.4, -0.2) is 12.4 Å². The Morgan fingerprint density at radius 1 is 1.50 bits per heavy atom. The Hall–Kier alpha value is -1.31. The molecule has 1 unspecified atom stereocenters. The molecule has 0 fully saturated rings. The molecule has 1 aromatic rings. The molecule has 74 valence electrons. The van der Waals surface area contributed by atoms with Crippen LogP contribution in [0.5, 0.6) is 5.75 Å². The second kappa shape index (κ2) is 3.45. The van der Waals surface area contributed by atoms with Crippen LogP contribution >= 0.6 is 0 Å². The summed E-state index contributed by atoms with van der Waals surface area (Å²) in [5, 5.41) is 0. The first-order valence-electron chi connectivity index (χ1n) is 4.96. The largest absolute Gasteiger partial charge is 0.493 e. The monoisotopic (exact) mass is 190 g/mol. The minimum atomic E-state index is 0.0922. The lowest BCUT2D eigenvalue weighted by molar-refractivity contribution is 0.101. The Morgan fingerprint density at radius 3 is 3.00 bits per heavy atom. The van der Waals surface area contributed by atoms with Crippen molar-refractivity contribution in [2.24, 2.45) is 0 Å². The van der Waals surface area contributed by atoms with Gasteiger partial charge in [-0.25, -0.2) is 0 Å². The molecule has 0 amide bonds. The topological polar surface area (TPSA) is 26.3 Å². The van der Waals surface area contributed by atoms with E-state index in [1.165, 1.54) is 5.56 Å². The van der Waals surface area contributed by atoms with Crippen molar-refractivity contribution in [2.45, 2.75) is 26.2 Å². The fourth-order valence-electron chi connectivity index (χ4n) is 1.79. The predicted octanol–water partition coefficient (Wildman–Crippen LogP) is 2.78. The maximum atomic E-state index is 11.2. The summed E-state index contributed by atoms with van der Waals surface area (Å²) >= 11 is 0. The molecule has 0 N–H and O–H groups in total. The van der Waals surface area contributed by atoms with Crippen LogP contribution in [0.25, 0.3) is 0 Å². The quantitative estimate of drug-likeness (QED) is 0.636. The van der Waals surface area contributed by atoms with Gasteiger partial charge in [-0.15, -0.1) is 0 Å². The Labute approximate surface area is 83.9 Å². The lowest BCUT2D eigenvalue weighted by Crippen LogP contribution is -2.12. The van der Waals surface area contributed by atoms with Crippen LogP contribution in [0.15, 0.2) is 18.2 Å². The normalized spacial score (nSPS) is 19.7. The van der Waals surface area contributed by atoms with Gasteiger partial charge < -0.3 is 4.74 Å². The Kier molecular flexibility index (Phi) is 2.28. The van der Waals surface area contributed by atoms with Crippen molar-refractivity contribution < 1.29 is 9.53 Å².